The highest BCUT2D eigenvalue weighted by molar-refractivity contribution is 5.66. The molecule has 0 bridgehead atoms. The number of methoxy groups -OCH3 is 1. The normalized spacial score (nSPS) is 17.1. The molecule has 2 aliphatic rings. The van der Waals surface area contributed by atoms with Crippen molar-refractivity contribution in [2.24, 2.45) is 0 Å². The number of benzene rings is 1. The second-order valence-electron chi connectivity index (χ2n) is 7.99. The third kappa shape index (κ3) is 3.94. The van der Waals surface area contributed by atoms with Gasteiger partial charge in [0.15, 0.2) is 0 Å². The summed E-state index contributed by atoms with van der Waals surface area (Å²) in [5.41, 5.74) is 4.01. The zero-order chi connectivity index (χ0) is 20.4. The Bertz CT molecular complexity index is 979. The highest BCUT2D eigenvalue weighted by atomic mass is 16.5. The molecule has 0 N–H and O–H groups in total. The lowest BCUT2D eigenvalue weighted by atomic mass is 9.97. The Kier molecular flexibility index (Phi) is 5.72. The highest BCUT2D eigenvalue weighted by Gasteiger charge is 2.28. The first-order chi connectivity index (χ1) is 14.1. The predicted octanol–water partition coefficient (Wildman–Crippen LogP) is 4.13. The van der Waals surface area contributed by atoms with Gasteiger partial charge >= 0.3 is 0 Å². The van der Waals surface area contributed by atoms with Crippen LogP contribution in [0.25, 0.3) is 0 Å². The quantitative estimate of drug-likeness (QED) is 0.714. The smallest absolute Gasteiger partial charge is 0.259 e. The molecule has 0 unspecified atom stereocenters. The van der Waals surface area contributed by atoms with Crippen LogP contribution in [0.3, 0.4) is 0 Å². The van der Waals surface area contributed by atoms with E-state index in [1.165, 1.54) is 25.7 Å². The van der Waals surface area contributed by atoms with Crippen LogP contribution in [0, 0.1) is 13.8 Å². The number of aryl methyl sites for hydroxylation is 1. The molecule has 154 valence electrons. The molecule has 4 rings (SSSR count). The van der Waals surface area contributed by atoms with Gasteiger partial charge in [0, 0.05) is 17.8 Å². The van der Waals surface area contributed by atoms with E-state index in [0.29, 0.717) is 24.8 Å². The van der Waals surface area contributed by atoms with Crippen LogP contribution in [0.2, 0.25) is 0 Å². The van der Waals surface area contributed by atoms with Gasteiger partial charge in [-0.2, -0.15) is 0 Å². The summed E-state index contributed by atoms with van der Waals surface area (Å²) in [7, 11) is 1.68. The summed E-state index contributed by atoms with van der Waals surface area (Å²) in [4.78, 5) is 22.3. The summed E-state index contributed by atoms with van der Waals surface area (Å²) >= 11 is 0. The number of ether oxygens (including phenoxy) is 1. The lowest BCUT2D eigenvalue weighted by molar-refractivity contribution is 0.199. The molecule has 1 aromatic heterocycles. The minimum Gasteiger partial charge on any atom is -0.495 e. The van der Waals surface area contributed by atoms with E-state index in [2.05, 4.69) is 15.9 Å². The van der Waals surface area contributed by atoms with Gasteiger partial charge in [0.1, 0.15) is 5.75 Å². The van der Waals surface area contributed by atoms with Crippen LogP contribution in [0.5, 0.6) is 5.75 Å². The van der Waals surface area contributed by atoms with Crippen LogP contribution < -0.4 is 15.2 Å². The van der Waals surface area contributed by atoms with E-state index >= 15 is 0 Å². The molecule has 2 aromatic rings. The number of para-hydroxylation sites is 2. The maximum atomic E-state index is 13.0. The zero-order valence-corrected chi connectivity index (χ0v) is 17.6. The molecule has 1 aliphatic heterocycles. The minimum absolute atomic E-state index is 0.0361. The lowest BCUT2D eigenvalue weighted by Crippen LogP contribution is -2.48. The molecule has 0 atom stereocenters. The highest BCUT2D eigenvalue weighted by Crippen LogP contribution is 2.34. The van der Waals surface area contributed by atoms with Gasteiger partial charge in [0.05, 0.1) is 26.1 Å². The molecule has 0 fully saturated rings. The molecule has 0 spiro atoms. The Balaban J connectivity index is 1.70. The molecule has 2 heterocycles. The fraction of sp³-hybridized carbons (Fsp3) is 0.478. The van der Waals surface area contributed by atoms with Crippen molar-refractivity contribution in [3.63, 3.8) is 0 Å². The van der Waals surface area contributed by atoms with E-state index < -0.39 is 0 Å². The number of rotatable bonds is 5. The fourth-order valence-corrected chi connectivity index (χ4v) is 4.20. The number of nitrogens with zero attached hydrogens (tertiary/aromatic N) is 4. The van der Waals surface area contributed by atoms with E-state index in [4.69, 9.17) is 9.72 Å². The van der Waals surface area contributed by atoms with Crippen LogP contribution in [-0.2, 0) is 6.67 Å². The van der Waals surface area contributed by atoms with E-state index in [1.807, 2.05) is 38.1 Å². The average Bonchev–Trinajstić information content (AvgIpc) is 2.76. The van der Waals surface area contributed by atoms with Gasteiger partial charge < -0.3 is 4.74 Å². The lowest BCUT2D eigenvalue weighted by Gasteiger charge is -2.39. The van der Waals surface area contributed by atoms with E-state index in [9.17, 15) is 4.79 Å². The van der Waals surface area contributed by atoms with Gasteiger partial charge in [-0.05, 0) is 58.1 Å². The number of aromatic nitrogens is 2. The van der Waals surface area contributed by atoms with Crippen molar-refractivity contribution >= 4 is 11.6 Å². The van der Waals surface area contributed by atoms with Gasteiger partial charge in [-0.15, -0.1) is 0 Å². The summed E-state index contributed by atoms with van der Waals surface area (Å²) in [6.07, 6.45) is 8.47. The van der Waals surface area contributed by atoms with Crippen molar-refractivity contribution in [3.8, 4) is 5.75 Å². The van der Waals surface area contributed by atoms with Crippen molar-refractivity contribution < 1.29 is 4.74 Å². The number of hydrogen-bond acceptors (Lipinski definition) is 5. The molecule has 6 nitrogen and oxygen atoms in total. The summed E-state index contributed by atoms with van der Waals surface area (Å²) in [6, 6.07) is 7.93. The third-order valence-electron chi connectivity index (χ3n) is 6.05. The number of allylic oxidation sites excluding steroid dienone is 1. The van der Waals surface area contributed by atoms with Gasteiger partial charge in [0.2, 0.25) is 5.95 Å². The largest absolute Gasteiger partial charge is 0.495 e. The Labute approximate surface area is 172 Å². The SMILES string of the molecule is COc1ccccc1N1CN(CCC2=CCCCC2)Cn2c1nc(C)c(C)c2=O. The Hall–Kier alpha value is -2.60. The second-order valence-corrected chi connectivity index (χ2v) is 7.99. The van der Waals surface area contributed by atoms with Gasteiger partial charge in [-0.1, -0.05) is 23.8 Å². The zero-order valence-electron chi connectivity index (χ0n) is 17.6. The molecule has 0 saturated heterocycles. The maximum absolute atomic E-state index is 13.0. The van der Waals surface area contributed by atoms with Crippen molar-refractivity contribution in [1.82, 2.24) is 14.5 Å². The van der Waals surface area contributed by atoms with Gasteiger partial charge in [-0.25, -0.2) is 4.98 Å². The molecule has 1 aliphatic carbocycles. The Morgan fingerprint density at radius 1 is 1.14 bits per heavy atom. The monoisotopic (exact) mass is 394 g/mol. The van der Waals surface area contributed by atoms with E-state index in [0.717, 1.165) is 30.1 Å². The minimum atomic E-state index is 0.0361. The summed E-state index contributed by atoms with van der Waals surface area (Å²) in [5.74, 6) is 1.47. The first-order valence-electron chi connectivity index (χ1n) is 10.5. The topological polar surface area (TPSA) is 50.6 Å². The first-order valence-corrected chi connectivity index (χ1v) is 10.5. The molecule has 6 heteroatoms. The van der Waals surface area contributed by atoms with Crippen LogP contribution >= 0.6 is 0 Å². The molecular formula is C23H30N4O2. The summed E-state index contributed by atoms with van der Waals surface area (Å²) in [6.45, 7) is 5.94. The Morgan fingerprint density at radius 2 is 1.97 bits per heavy atom. The third-order valence-corrected chi connectivity index (χ3v) is 6.05. The van der Waals surface area contributed by atoms with E-state index in [1.54, 1.807) is 17.3 Å². The maximum Gasteiger partial charge on any atom is 0.259 e. The number of hydrogen-bond donors (Lipinski definition) is 0. The van der Waals surface area contributed by atoms with Crippen molar-refractivity contribution in [2.45, 2.75) is 52.6 Å². The van der Waals surface area contributed by atoms with Crippen LogP contribution in [0.1, 0.15) is 43.4 Å². The van der Waals surface area contributed by atoms with Crippen LogP contribution in [0.15, 0.2) is 40.7 Å². The van der Waals surface area contributed by atoms with Crippen molar-refractivity contribution in [2.75, 3.05) is 25.2 Å². The van der Waals surface area contributed by atoms with Crippen LogP contribution in [0.4, 0.5) is 11.6 Å². The molecule has 0 amide bonds. The molecule has 0 radical (unpaired) electrons. The predicted molar refractivity (Wildman–Crippen MR) is 116 cm³/mol. The summed E-state index contributed by atoms with van der Waals surface area (Å²) < 4.78 is 7.40. The molecule has 0 saturated carbocycles. The number of anilines is 2. The van der Waals surface area contributed by atoms with Crippen molar-refractivity contribution in [3.05, 3.63) is 57.5 Å². The van der Waals surface area contributed by atoms with Gasteiger partial charge in [-0.3, -0.25) is 19.2 Å². The summed E-state index contributed by atoms with van der Waals surface area (Å²) in [5, 5.41) is 0. The van der Waals surface area contributed by atoms with Crippen molar-refractivity contribution in [1.29, 1.82) is 0 Å². The van der Waals surface area contributed by atoms with E-state index in [-0.39, 0.29) is 5.56 Å². The number of fused-ring (bicyclic) bond motifs is 1. The standard InChI is InChI=1S/C23H30N4O2/c1-17-18(2)24-23-26(20-11-7-8-12-21(20)29-3)15-25(16-27(23)22(17)28)14-13-19-9-5-4-6-10-19/h7-9,11-12H,4-6,10,13-16H2,1-3H3. The molecular weight excluding hydrogens is 364 g/mol. The molecule has 1 aromatic carbocycles. The van der Waals surface area contributed by atoms with Gasteiger partial charge in [0.25, 0.3) is 5.56 Å². The first kappa shape index (κ1) is 19.7. The van der Waals surface area contributed by atoms with Crippen LogP contribution in [-0.4, -0.2) is 34.8 Å². The molecule has 29 heavy (non-hydrogen) atoms. The fourth-order valence-electron chi connectivity index (χ4n) is 4.20. The average molecular weight is 395 g/mol. The Morgan fingerprint density at radius 3 is 2.72 bits per heavy atom. The second kappa shape index (κ2) is 8.41.